The minimum atomic E-state index is -0.388. The van der Waals surface area contributed by atoms with Gasteiger partial charge in [-0.3, -0.25) is 0 Å². The van der Waals surface area contributed by atoms with Crippen molar-refractivity contribution in [3.8, 4) is 0 Å². The van der Waals surface area contributed by atoms with Gasteiger partial charge in [-0.1, -0.05) is 85.8 Å². The zero-order valence-electron chi connectivity index (χ0n) is 16.4. The molecule has 5 heteroatoms. The van der Waals surface area contributed by atoms with Crippen LogP contribution in [0, 0.1) is 0 Å². The van der Waals surface area contributed by atoms with Crippen LogP contribution >= 0.6 is 11.8 Å². The molecule has 0 bridgehead atoms. The molecule has 4 nitrogen and oxygen atoms in total. The van der Waals surface area contributed by atoms with E-state index in [0.717, 1.165) is 40.6 Å². The zero-order valence-corrected chi connectivity index (χ0v) is 17.2. The second-order valence-electron chi connectivity index (χ2n) is 6.45. The highest BCUT2D eigenvalue weighted by Crippen LogP contribution is 2.36. The predicted octanol–water partition coefficient (Wildman–Crippen LogP) is 5.19. The molecule has 1 atom stereocenters. The van der Waals surface area contributed by atoms with Gasteiger partial charge in [-0.15, -0.1) is 0 Å². The number of benzene rings is 2. The molecule has 0 unspecified atom stereocenters. The Kier molecular flexibility index (Phi) is 7.31. The second kappa shape index (κ2) is 10.1. The first-order chi connectivity index (χ1) is 13.7. The van der Waals surface area contributed by atoms with Crippen LogP contribution in [0.25, 0.3) is 5.70 Å². The molecule has 28 heavy (non-hydrogen) atoms. The number of hydrogen-bond acceptors (Lipinski definition) is 5. The summed E-state index contributed by atoms with van der Waals surface area (Å²) in [6.45, 7) is 4.33. The number of carbonyl (C=O) groups is 1. The average Bonchev–Trinajstić information content (AvgIpc) is 2.75. The van der Waals surface area contributed by atoms with Crippen LogP contribution in [0.15, 0.2) is 71.2 Å². The molecule has 0 radical (unpaired) electrons. The van der Waals surface area contributed by atoms with E-state index < -0.39 is 0 Å². The zero-order chi connectivity index (χ0) is 19.8. The van der Waals surface area contributed by atoms with Gasteiger partial charge in [-0.25, -0.2) is 9.79 Å². The number of hydrogen-bond donors (Lipinski definition) is 1. The molecule has 1 aliphatic heterocycles. The van der Waals surface area contributed by atoms with Gasteiger partial charge in [-0.05, 0) is 24.5 Å². The molecular weight excluding hydrogens is 368 g/mol. The Morgan fingerprint density at radius 1 is 1.07 bits per heavy atom. The SMILES string of the molecule is CCCCSC1=N[C@H](c2ccccc2)C(C(=O)OCC)=C(c2ccccc2)N1. The van der Waals surface area contributed by atoms with Gasteiger partial charge >= 0.3 is 5.97 Å². The summed E-state index contributed by atoms with van der Waals surface area (Å²) in [6.07, 6.45) is 2.26. The summed E-state index contributed by atoms with van der Waals surface area (Å²) in [5.41, 5.74) is 3.27. The third-order valence-electron chi connectivity index (χ3n) is 4.43. The van der Waals surface area contributed by atoms with E-state index >= 15 is 0 Å². The molecule has 1 aliphatic rings. The molecule has 146 valence electrons. The van der Waals surface area contributed by atoms with E-state index in [0.29, 0.717) is 12.2 Å². The van der Waals surface area contributed by atoms with E-state index in [-0.39, 0.29) is 12.0 Å². The molecule has 0 fully saturated rings. The maximum Gasteiger partial charge on any atom is 0.338 e. The third-order valence-corrected chi connectivity index (χ3v) is 5.40. The Morgan fingerprint density at radius 2 is 1.75 bits per heavy atom. The van der Waals surface area contributed by atoms with Crippen LogP contribution in [0.4, 0.5) is 0 Å². The van der Waals surface area contributed by atoms with Crippen molar-refractivity contribution in [2.75, 3.05) is 12.4 Å². The number of carbonyl (C=O) groups excluding carboxylic acids is 1. The number of amidine groups is 1. The van der Waals surface area contributed by atoms with Crippen LogP contribution < -0.4 is 5.32 Å². The van der Waals surface area contributed by atoms with Gasteiger partial charge in [0.2, 0.25) is 0 Å². The number of aliphatic imine (C=N–C) groups is 1. The number of unbranched alkanes of at least 4 members (excludes halogenated alkanes) is 1. The van der Waals surface area contributed by atoms with Crippen LogP contribution in [0.3, 0.4) is 0 Å². The van der Waals surface area contributed by atoms with Crippen molar-refractivity contribution in [3.05, 3.63) is 77.4 Å². The molecule has 3 rings (SSSR count). The van der Waals surface area contributed by atoms with Gasteiger partial charge in [0, 0.05) is 5.75 Å². The van der Waals surface area contributed by atoms with Crippen LogP contribution in [-0.2, 0) is 9.53 Å². The minimum absolute atomic E-state index is 0.327. The van der Waals surface area contributed by atoms with Crippen molar-refractivity contribution >= 4 is 28.6 Å². The molecule has 0 saturated carbocycles. The first-order valence-corrected chi connectivity index (χ1v) is 10.7. The number of rotatable bonds is 7. The molecule has 1 N–H and O–H groups in total. The summed E-state index contributed by atoms with van der Waals surface area (Å²) >= 11 is 1.70. The van der Waals surface area contributed by atoms with Crippen molar-refractivity contribution < 1.29 is 9.53 Å². The Balaban J connectivity index is 2.09. The highest BCUT2D eigenvalue weighted by atomic mass is 32.2. The molecule has 0 spiro atoms. The topological polar surface area (TPSA) is 50.7 Å². The third kappa shape index (κ3) is 4.84. The van der Waals surface area contributed by atoms with Crippen molar-refractivity contribution in [1.82, 2.24) is 5.32 Å². The monoisotopic (exact) mass is 394 g/mol. The highest BCUT2D eigenvalue weighted by Gasteiger charge is 2.32. The summed E-state index contributed by atoms with van der Waals surface area (Å²) in [5, 5.41) is 4.25. The van der Waals surface area contributed by atoms with E-state index in [1.165, 1.54) is 0 Å². The summed E-state index contributed by atoms with van der Waals surface area (Å²) in [4.78, 5) is 17.8. The largest absolute Gasteiger partial charge is 0.463 e. The molecule has 1 heterocycles. The lowest BCUT2D eigenvalue weighted by atomic mass is 9.94. The Hall–Kier alpha value is -2.53. The van der Waals surface area contributed by atoms with Gasteiger partial charge in [0.25, 0.3) is 0 Å². The van der Waals surface area contributed by atoms with Crippen molar-refractivity contribution in [2.45, 2.75) is 32.7 Å². The Labute approximate surface area is 171 Å². The molecular formula is C23H26N2O2S. The average molecular weight is 395 g/mol. The summed E-state index contributed by atoms with van der Waals surface area (Å²) in [6, 6.07) is 19.5. The van der Waals surface area contributed by atoms with Gasteiger partial charge in [0.05, 0.1) is 17.9 Å². The van der Waals surface area contributed by atoms with Gasteiger partial charge < -0.3 is 10.1 Å². The van der Waals surface area contributed by atoms with E-state index in [1.807, 2.05) is 67.6 Å². The lowest BCUT2D eigenvalue weighted by Gasteiger charge is -2.27. The van der Waals surface area contributed by atoms with Gasteiger partial charge in [-0.2, -0.15) is 0 Å². The minimum Gasteiger partial charge on any atom is -0.463 e. The molecule has 0 aliphatic carbocycles. The van der Waals surface area contributed by atoms with Crippen molar-refractivity contribution in [3.63, 3.8) is 0 Å². The lowest BCUT2D eigenvalue weighted by molar-refractivity contribution is -0.138. The van der Waals surface area contributed by atoms with E-state index in [1.54, 1.807) is 11.8 Å². The van der Waals surface area contributed by atoms with Gasteiger partial charge in [0.15, 0.2) is 5.17 Å². The maximum absolute atomic E-state index is 12.9. The predicted molar refractivity (Wildman–Crippen MR) is 117 cm³/mol. The summed E-state index contributed by atoms with van der Waals surface area (Å²) in [7, 11) is 0. The smallest absolute Gasteiger partial charge is 0.338 e. The fourth-order valence-electron chi connectivity index (χ4n) is 3.04. The van der Waals surface area contributed by atoms with Crippen LogP contribution in [0.2, 0.25) is 0 Å². The van der Waals surface area contributed by atoms with Gasteiger partial charge in [0.1, 0.15) is 6.04 Å². The number of ether oxygens (including phenoxy) is 1. The fraction of sp³-hybridized carbons (Fsp3) is 0.304. The summed E-state index contributed by atoms with van der Waals surface area (Å²) in [5.74, 6) is 0.657. The highest BCUT2D eigenvalue weighted by molar-refractivity contribution is 8.13. The lowest BCUT2D eigenvalue weighted by Crippen LogP contribution is -2.31. The Morgan fingerprint density at radius 3 is 2.39 bits per heavy atom. The first kappa shape index (κ1) is 20.2. The molecule has 0 amide bonds. The fourth-order valence-corrected chi connectivity index (χ4v) is 4.02. The standard InChI is InChI=1S/C23H26N2O2S/c1-3-5-16-28-23-24-20(17-12-8-6-9-13-17)19(22(26)27-4-2)21(25-23)18-14-10-7-11-15-18/h6-15,20H,3-5,16H2,1-2H3,(H,24,25)/t20-/m1/s1. The van der Waals surface area contributed by atoms with E-state index in [4.69, 9.17) is 9.73 Å². The number of nitrogens with one attached hydrogen (secondary N) is 1. The second-order valence-corrected chi connectivity index (χ2v) is 7.53. The molecule has 0 saturated heterocycles. The number of esters is 1. The number of thioether (sulfide) groups is 1. The molecule has 2 aromatic rings. The molecule has 2 aromatic carbocycles. The molecule has 0 aromatic heterocycles. The maximum atomic E-state index is 12.9. The quantitative estimate of drug-likeness (QED) is 0.518. The normalized spacial score (nSPS) is 16.4. The van der Waals surface area contributed by atoms with Crippen LogP contribution in [0.1, 0.15) is 43.9 Å². The Bertz CT molecular complexity index is 847. The van der Waals surface area contributed by atoms with E-state index in [2.05, 4.69) is 12.2 Å². The van der Waals surface area contributed by atoms with Crippen LogP contribution in [0.5, 0.6) is 0 Å². The summed E-state index contributed by atoms with van der Waals surface area (Å²) < 4.78 is 5.41. The van der Waals surface area contributed by atoms with Crippen molar-refractivity contribution in [1.29, 1.82) is 0 Å². The van der Waals surface area contributed by atoms with Crippen LogP contribution in [-0.4, -0.2) is 23.5 Å². The van der Waals surface area contributed by atoms with E-state index in [9.17, 15) is 4.79 Å². The number of nitrogens with zero attached hydrogens (tertiary/aromatic N) is 1. The van der Waals surface area contributed by atoms with Crippen molar-refractivity contribution in [2.24, 2.45) is 4.99 Å². The first-order valence-electron chi connectivity index (χ1n) is 9.73.